The molecule has 0 aliphatic carbocycles. The smallest absolute Gasteiger partial charge is 0.143 e. The van der Waals surface area contributed by atoms with Gasteiger partial charge < -0.3 is 4.42 Å². The Morgan fingerprint density at radius 3 is 1.30 bits per heavy atom. The van der Waals surface area contributed by atoms with Crippen molar-refractivity contribution < 1.29 is 25.0 Å². The Balaban J connectivity index is 1.33. The Bertz CT molecular complexity index is 3640. The van der Waals surface area contributed by atoms with Crippen molar-refractivity contribution in [1.82, 2.24) is 0 Å². The van der Waals surface area contributed by atoms with Gasteiger partial charge in [-0.2, -0.15) is 0 Å². The third-order valence-electron chi connectivity index (χ3n) is 9.53. The first-order valence-electron chi connectivity index (χ1n) is 24.4. The molecule has 10 aromatic rings. The molecule has 0 amide bonds. The van der Waals surface area contributed by atoms with Crippen molar-refractivity contribution in [3.63, 3.8) is 0 Å². The average molecular weight is 690 g/mol. The van der Waals surface area contributed by atoms with Gasteiger partial charge in [-0.3, -0.25) is 0 Å². The first-order valence-corrected chi connectivity index (χ1v) is 16.9. The maximum absolute atomic E-state index is 9.13. The molecule has 1 heterocycles. The molecular weight excluding hydrogens is 641 g/mol. The fourth-order valence-electron chi connectivity index (χ4n) is 7.32. The Kier molecular flexibility index (Phi) is 4.66. The van der Waals surface area contributed by atoms with Crippen LogP contribution in [0.3, 0.4) is 0 Å². The molecule has 0 aliphatic rings. The summed E-state index contributed by atoms with van der Waals surface area (Å²) in [6, 6.07) is 27.1. The van der Waals surface area contributed by atoms with Crippen molar-refractivity contribution >= 4 is 32.5 Å². The number of furan rings is 1. The minimum Gasteiger partial charge on any atom is -0.455 e. The normalized spacial score (nSPS) is 15.4. The van der Waals surface area contributed by atoms with Crippen molar-refractivity contribution in [2.75, 3.05) is 0 Å². The lowest BCUT2D eigenvalue weighted by Crippen LogP contribution is -1.91. The third kappa shape index (κ3) is 5.34. The van der Waals surface area contributed by atoms with Gasteiger partial charge in [0.05, 0.1) is 20.6 Å². The summed E-state index contributed by atoms with van der Waals surface area (Å²) in [5.41, 5.74) is 3.35. The van der Waals surface area contributed by atoms with Gasteiger partial charge in [0, 0.05) is 16.5 Å². The molecular formula is C52H34O. The molecule has 1 nitrogen and oxygen atoms in total. The van der Waals surface area contributed by atoms with Crippen LogP contribution in [0.1, 0.15) is 20.6 Å². The van der Waals surface area contributed by atoms with E-state index in [2.05, 4.69) is 36.4 Å². The van der Waals surface area contributed by atoms with E-state index in [1.807, 2.05) is 54.6 Å². The fourth-order valence-corrected chi connectivity index (χ4v) is 7.32. The lowest BCUT2D eigenvalue weighted by atomic mass is 9.85. The SMILES string of the molecule is [2H]c1c([2H])c([2H])c(-c2cc(-c3c([2H])c([2H])c([2H])c([2H])c3[2H])c3c(-c4ccc(-c5c6ccccc6c(-c6ccccc6)c6ccccc56)cc4)c(-c4c([2H])c([2H])c([2H])c([2H])c4[2H])oc3c2)c([2H])c1[2H]. The predicted molar refractivity (Wildman–Crippen MR) is 224 cm³/mol. The molecule has 0 radical (unpaired) electrons. The van der Waals surface area contributed by atoms with Crippen LogP contribution in [0.2, 0.25) is 0 Å². The number of hydrogen-bond acceptors (Lipinski definition) is 1. The lowest BCUT2D eigenvalue weighted by molar-refractivity contribution is 0.632. The second kappa shape index (κ2) is 13.0. The summed E-state index contributed by atoms with van der Waals surface area (Å²) in [6.07, 6.45) is 0. The van der Waals surface area contributed by atoms with Crippen molar-refractivity contribution in [2.45, 2.75) is 0 Å². The zero-order valence-electron chi connectivity index (χ0n) is 42.9. The summed E-state index contributed by atoms with van der Waals surface area (Å²) in [6.45, 7) is 0. The predicted octanol–water partition coefficient (Wildman–Crippen LogP) is 14.7. The molecule has 0 bridgehead atoms. The summed E-state index contributed by atoms with van der Waals surface area (Å²) < 4.78 is 137. The standard InChI is InChI=1S/C52H34O/c1-5-17-35(18-6-1)41-33-46(36-19-7-2-8-20-36)51-47(34-41)53-52(40-23-11-4-12-24-40)50(51)39-31-29-38(30-32-39)49-44-27-15-13-25-42(44)48(37-21-9-3-10-22-37)43-26-14-16-28-45(43)49/h1-34H/i1D,2D,4D,5D,6D,7D,8D,11D,12D,17D,18D,19D,20D,23D,24D. The maximum Gasteiger partial charge on any atom is 0.143 e. The summed E-state index contributed by atoms with van der Waals surface area (Å²) in [5, 5.41) is 4.13. The van der Waals surface area contributed by atoms with Gasteiger partial charge in [0.2, 0.25) is 0 Å². The summed E-state index contributed by atoms with van der Waals surface area (Å²) >= 11 is 0. The van der Waals surface area contributed by atoms with E-state index in [0.29, 0.717) is 5.56 Å². The minimum atomic E-state index is -0.666. The molecule has 53 heavy (non-hydrogen) atoms. The first-order chi connectivity index (χ1) is 32.5. The second-order valence-electron chi connectivity index (χ2n) is 12.5. The van der Waals surface area contributed by atoms with Crippen molar-refractivity contribution in [2.24, 2.45) is 0 Å². The number of benzene rings is 9. The Morgan fingerprint density at radius 2 is 0.774 bits per heavy atom. The van der Waals surface area contributed by atoms with Crippen LogP contribution in [0.5, 0.6) is 0 Å². The molecule has 0 spiro atoms. The molecule has 9 aromatic carbocycles. The minimum absolute atomic E-state index is 0.0303. The van der Waals surface area contributed by atoms with Gasteiger partial charge in [-0.05, 0) is 83.7 Å². The fraction of sp³-hybridized carbons (Fsp3) is 0. The lowest BCUT2D eigenvalue weighted by Gasteiger charge is -2.18. The maximum atomic E-state index is 9.13. The van der Waals surface area contributed by atoms with E-state index < -0.39 is 90.6 Å². The van der Waals surface area contributed by atoms with Gasteiger partial charge in [-0.25, -0.2) is 0 Å². The van der Waals surface area contributed by atoms with Gasteiger partial charge in [-0.1, -0.05) is 194 Å². The highest BCUT2D eigenvalue weighted by Crippen LogP contribution is 2.48. The van der Waals surface area contributed by atoms with Gasteiger partial charge in [-0.15, -0.1) is 0 Å². The van der Waals surface area contributed by atoms with Crippen molar-refractivity contribution in [1.29, 1.82) is 0 Å². The van der Waals surface area contributed by atoms with Gasteiger partial charge >= 0.3 is 0 Å². The molecule has 0 fully saturated rings. The average Bonchev–Trinajstić information content (AvgIpc) is 3.73. The van der Waals surface area contributed by atoms with Gasteiger partial charge in [0.15, 0.2) is 0 Å². The van der Waals surface area contributed by atoms with E-state index in [-0.39, 0.29) is 50.1 Å². The van der Waals surface area contributed by atoms with Crippen LogP contribution in [-0.4, -0.2) is 0 Å². The topological polar surface area (TPSA) is 13.1 Å². The first kappa shape index (κ1) is 19.0. The molecule has 0 saturated carbocycles. The zero-order valence-corrected chi connectivity index (χ0v) is 27.9. The monoisotopic (exact) mass is 689 g/mol. The number of hydrogen-bond donors (Lipinski definition) is 0. The molecule has 248 valence electrons. The van der Waals surface area contributed by atoms with E-state index in [9.17, 15) is 0 Å². The van der Waals surface area contributed by atoms with Gasteiger partial charge in [0.1, 0.15) is 11.3 Å². The highest BCUT2D eigenvalue weighted by Gasteiger charge is 2.23. The van der Waals surface area contributed by atoms with Crippen LogP contribution in [0.15, 0.2) is 210 Å². The molecule has 0 aliphatic heterocycles. The summed E-state index contributed by atoms with van der Waals surface area (Å²) in [5.74, 6) is -0.209. The van der Waals surface area contributed by atoms with E-state index in [0.717, 1.165) is 43.8 Å². The number of rotatable bonds is 6. The molecule has 0 saturated heterocycles. The Hall–Kier alpha value is -6.96. The summed E-state index contributed by atoms with van der Waals surface area (Å²) in [7, 11) is 0. The molecule has 10 rings (SSSR count). The van der Waals surface area contributed by atoms with Crippen LogP contribution >= 0.6 is 0 Å². The van der Waals surface area contributed by atoms with Crippen molar-refractivity contribution in [3.05, 3.63) is 206 Å². The quantitative estimate of drug-likeness (QED) is 0.158. The Labute approximate surface area is 330 Å². The largest absolute Gasteiger partial charge is 0.455 e. The van der Waals surface area contributed by atoms with Gasteiger partial charge in [0.25, 0.3) is 0 Å². The van der Waals surface area contributed by atoms with E-state index in [4.69, 9.17) is 25.0 Å². The second-order valence-corrected chi connectivity index (χ2v) is 12.5. The van der Waals surface area contributed by atoms with E-state index in [1.165, 1.54) is 12.1 Å². The van der Waals surface area contributed by atoms with Crippen molar-refractivity contribution in [3.8, 4) is 67.0 Å². The van der Waals surface area contributed by atoms with Crippen LogP contribution in [-0.2, 0) is 0 Å². The molecule has 0 N–H and O–H groups in total. The highest BCUT2D eigenvalue weighted by atomic mass is 16.3. The van der Waals surface area contributed by atoms with Crippen LogP contribution in [0.4, 0.5) is 0 Å². The molecule has 1 aromatic heterocycles. The number of fused-ring (bicyclic) bond motifs is 3. The third-order valence-corrected chi connectivity index (χ3v) is 9.53. The van der Waals surface area contributed by atoms with Crippen LogP contribution < -0.4 is 0 Å². The van der Waals surface area contributed by atoms with E-state index in [1.54, 1.807) is 12.1 Å². The van der Waals surface area contributed by atoms with Crippen LogP contribution in [0.25, 0.3) is 99.5 Å². The Morgan fingerprint density at radius 1 is 0.340 bits per heavy atom. The van der Waals surface area contributed by atoms with E-state index >= 15 is 0 Å². The zero-order chi connectivity index (χ0) is 48.2. The molecule has 0 atom stereocenters. The molecule has 0 unspecified atom stereocenters. The van der Waals surface area contributed by atoms with Crippen LogP contribution in [0, 0.1) is 0 Å². The highest BCUT2D eigenvalue weighted by molar-refractivity contribution is 6.21. The molecule has 1 heteroatoms. The summed E-state index contributed by atoms with van der Waals surface area (Å²) in [4.78, 5) is 0.